The minimum absolute atomic E-state index is 0.162. The molecule has 0 aromatic heterocycles. The average molecular weight is 333 g/mol. The molecule has 0 spiro atoms. The summed E-state index contributed by atoms with van der Waals surface area (Å²) < 4.78 is 5.93. The molecule has 120 valence electrons. The summed E-state index contributed by atoms with van der Waals surface area (Å²) in [4.78, 5) is 17.6. The number of fused-ring (bicyclic) bond motifs is 2. The minimum Gasteiger partial charge on any atom is -0.340 e. The van der Waals surface area contributed by atoms with Crippen LogP contribution in [0, 0.1) is 0 Å². The number of ether oxygens (including phenoxy) is 1. The molecule has 5 heteroatoms. The molecule has 2 aromatic carbocycles. The van der Waals surface area contributed by atoms with Gasteiger partial charge in [0, 0.05) is 27.3 Å². The van der Waals surface area contributed by atoms with Gasteiger partial charge in [-0.1, -0.05) is 55.3 Å². The summed E-state index contributed by atoms with van der Waals surface area (Å²) in [5.74, 6) is -1.68. The van der Waals surface area contributed by atoms with E-state index >= 15 is 0 Å². The Hall–Kier alpha value is -1.72. The lowest BCUT2D eigenvalue weighted by Crippen LogP contribution is -2.40. The molecule has 4 nitrogen and oxygen atoms in total. The van der Waals surface area contributed by atoms with Crippen molar-refractivity contribution in [2.24, 2.45) is 0 Å². The van der Waals surface area contributed by atoms with E-state index in [1.807, 2.05) is 6.92 Å². The summed E-state index contributed by atoms with van der Waals surface area (Å²) in [5.41, 5.74) is 1.78. The number of halogens is 1. The molecular formula is C18H17ClO4. The Balaban J connectivity index is 2.22. The molecule has 0 amide bonds. The van der Waals surface area contributed by atoms with Crippen LogP contribution in [0.2, 0.25) is 5.02 Å². The first-order valence-electron chi connectivity index (χ1n) is 7.55. The fourth-order valence-electron chi connectivity index (χ4n) is 2.89. The molecule has 1 aliphatic rings. The van der Waals surface area contributed by atoms with Crippen molar-refractivity contribution in [1.82, 2.24) is 0 Å². The van der Waals surface area contributed by atoms with Gasteiger partial charge in [-0.05, 0) is 18.6 Å². The molecule has 0 heterocycles. The summed E-state index contributed by atoms with van der Waals surface area (Å²) in [6.07, 6.45) is 1.75. The first-order valence-corrected chi connectivity index (χ1v) is 7.92. The van der Waals surface area contributed by atoms with Crippen molar-refractivity contribution in [1.29, 1.82) is 0 Å². The third-order valence-corrected chi connectivity index (χ3v) is 4.27. The number of carbonyl (C=O) groups excluding carboxylic acids is 1. The first-order chi connectivity index (χ1) is 11.1. The molecule has 1 aliphatic carbocycles. The molecule has 1 atom stereocenters. The average Bonchev–Trinajstić information content (AvgIpc) is 2.58. The largest absolute Gasteiger partial charge is 0.340 e. The zero-order chi connectivity index (χ0) is 16.4. The number of carbonyl (C=O) groups is 1. The van der Waals surface area contributed by atoms with Crippen LogP contribution in [0.15, 0.2) is 42.5 Å². The van der Waals surface area contributed by atoms with E-state index in [1.54, 1.807) is 42.5 Å². The first kappa shape index (κ1) is 16.1. The molecule has 3 rings (SSSR count). The molecule has 0 aliphatic heterocycles. The van der Waals surface area contributed by atoms with Crippen molar-refractivity contribution in [3.63, 3.8) is 0 Å². The Morgan fingerprint density at radius 3 is 2.61 bits per heavy atom. The quantitative estimate of drug-likeness (QED) is 0.382. The smallest absolute Gasteiger partial charge is 0.255 e. The second-order valence-corrected chi connectivity index (χ2v) is 5.91. The number of unbranched alkanes of at least 4 members (excludes halogenated alkanes) is 1. The second kappa shape index (κ2) is 6.42. The summed E-state index contributed by atoms with van der Waals surface area (Å²) in [6.45, 7) is 2.43. The van der Waals surface area contributed by atoms with Crippen LogP contribution in [0.4, 0.5) is 0 Å². The van der Waals surface area contributed by atoms with Gasteiger partial charge in [0.25, 0.3) is 5.79 Å². The van der Waals surface area contributed by atoms with Gasteiger partial charge in [-0.2, -0.15) is 4.89 Å². The standard InChI is InChI=1S/C18H17ClO4/c1-2-3-10-22-18(23-21)15-7-5-4-6-13(15)17(20)14-11-12(19)8-9-16(14)18/h4-9,11,21H,2-3,10H2,1H3. The van der Waals surface area contributed by atoms with E-state index < -0.39 is 5.79 Å². The highest BCUT2D eigenvalue weighted by Gasteiger charge is 2.46. The van der Waals surface area contributed by atoms with Crippen molar-refractivity contribution < 1.29 is 19.7 Å². The number of ketones is 1. The van der Waals surface area contributed by atoms with Gasteiger partial charge in [0.05, 0.1) is 6.61 Å². The second-order valence-electron chi connectivity index (χ2n) is 5.47. The molecule has 0 radical (unpaired) electrons. The molecule has 0 saturated carbocycles. The number of hydrogen-bond donors (Lipinski definition) is 1. The van der Waals surface area contributed by atoms with Crippen LogP contribution < -0.4 is 0 Å². The van der Waals surface area contributed by atoms with Crippen molar-refractivity contribution >= 4 is 17.4 Å². The Labute approximate surface area is 139 Å². The summed E-state index contributed by atoms with van der Waals surface area (Å²) in [5, 5.41) is 10.2. The van der Waals surface area contributed by atoms with Gasteiger partial charge in [0.2, 0.25) is 0 Å². The number of rotatable bonds is 5. The highest BCUT2D eigenvalue weighted by molar-refractivity contribution is 6.31. The maximum absolute atomic E-state index is 12.7. The van der Waals surface area contributed by atoms with Crippen LogP contribution in [0.3, 0.4) is 0 Å². The monoisotopic (exact) mass is 332 g/mol. The molecule has 2 aromatic rings. The van der Waals surface area contributed by atoms with Crippen LogP contribution in [-0.2, 0) is 15.4 Å². The topological polar surface area (TPSA) is 55.8 Å². The summed E-state index contributed by atoms with van der Waals surface area (Å²) in [7, 11) is 0. The van der Waals surface area contributed by atoms with E-state index in [-0.39, 0.29) is 5.78 Å². The molecule has 23 heavy (non-hydrogen) atoms. The third-order valence-electron chi connectivity index (χ3n) is 4.04. The lowest BCUT2D eigenvalue weighted by molar-refractivity contribution is -0.396. The molecule has 0 fully saturated rings. The van der Waals surface area contributed by atoms with Crippen LogP contribution >= 0.6 is 11.6 Å². The van der Waals surface area contributed by atoms with E-state index in [0.29, 0.717) is 33.9 Å². The predicted octanol–water partition coefficient (Wildman–Crippen LogP) is 4.39. The molecule has 1 unspecified atom stereocenters. The van der Waals surface area contributed by atoms with Gasteiger partial charge in [-0.15, -0.1) is 0 Å². The zero-order valence-corrected chi connectivity index (χ0v) is 13.5. The molecule has 1 N–H and O–H groups in total. The Kier molecular flexibility index (Phi) is 4.50. The van der Waals surface area contributed by atoms with Crippen molar-refractivity contribution in [2.75, 3.05) is 6.61 Å². The maximum atomic E-state index is 12.7. The number of hydrogen-bond acceptors (Lipinski definition) is 4. The normalized spacial score (nSPS) is 19.3. The number of benzene rings is 2. The fourth-order valence-corrected chi connectivity index (χ4v) is 3.06. The Morgan fingerprint density at radius 1 is 1.13 bits per heavy atom. The van der Waals surface area contributed by atoms with Gasteiger partial charge >= 0.3 is 0 Å². The predicted molar refractivity (Wildman–Crippen MR) is 86.7 cm³/mol. The van der Waals surface area contributed by atoms with E-state index in [2.05, 4.69) is 0 Å². The van der Waals surface area contributed by atoms with E-state index in [1.165, 1.54) is 0 Å². The molecule has 0 bridgehead atoms. The SMILES string of the molecule is CCCCOC1(OO)c2ccccc2C(=O)c2cc(Cl)ccc21. The van der Waals surface area contributed by atoms with Gasteiger partial charge in [-0.3, -0.25) is 4.79 Å². The summed E-state index contributed by atoms with van der Waals surface area (Å²) >= 11 is 6.04. The van der Waals surface area contributed by atoms with Crippen molar-refractivity contribution in [3.05, 3.63) is 69.7 Å². The lowest BCUT2D eigenvalue weighted by Gasteiger charge is -2.36. The Bertz CT molecular complexity index is 744. The van der Waals surface area contributed by atoms with Gasteiger partial charge < -0.3 is 4.74 Å². The minimum atomic E-state index is -1.51. The molecular weight excluding hydrogens is 316 g/mol. The van der Waals surface area contributed by atoms with Gasteiger partial charge in [0.15, 0.2) is 5.78 Å². The van der Waals surface area contributed by atoms with E-state index in [9.17, 15) is 10.1 Å². The maximum Gasteiger partial charge on any atom is 0.255 e. The summed E-state index contributed by atoms with van der Waals surface area (Å²) in [6, 6.07) is 11.9. The van der Waals surface area contributed by atoms with Gasteiger partial charge in [0.1, 0.15) is 0 Å². The van der Waals surface area contributed by atoms with Crippen LogP contribution in [0.1, 0.15) is 46.8 Å². The highest BCUT2D eigenvalue weighted by Crippen LogP contribution is 2.43. The van der Waals surface area contributed by atoms with E-state index in [0.717, 1.165) is 12.8 Å². The van der Waals surface area contributed by atoms with Crippen molar-refractivity contribution in [2.45, 2.75) is 25.6 Å². The fraction of sp³-hybridized carbons (Fsp3) is 0.278. The van der Waals surface area contributed by atoms with Crippen LogP contribution in [-0.4, -0.2) is 17.6 Å². The Morgan fingerprint density at radius 2 is 1.87 bits per heavy atom. The van der Waals surface area contributed by atoms with Crippen LogP contribution in [0.25, 0.3) is 0 Å². The van der Waals surface area contributed by atoms with E-state index in [4.69, 9.17) is 21.2 Å². The third kappa shape index (κ3) is 2.58. The highest BCUT2D eigenvalue weighted by atomic mass is 35.5. The lowest BCUT2D eigenvalue weighted by atomic mass is 9.80. The molecule has 0 saturated heterocycles. The van der Waals surface area contributed by atoms with Crippen molar-refractivity contribution in [3.8, 4) is 0 Å². The van der Waals surface area contributed by atoms with Gasteiger partial charge in [-0.25, -0.2) is 5.26 Å². The van der Waals surface area contributed by atoms with Crippen LogP contribution in [0.5, 0.6) is 0 Å². The zero-order valence-electron chi connectivity index (χ0n) is 12.7.